The first kappa shape index (κ1) is 16.5. The standard InChI is InChI=1S/C15H15ClN2O3S/c1-8(15(20)21)9(2)17-13(19)12-7-22-14(18-12)10-3-5-11(16)6-4-10/h3-9H,1-2H3,(H,17,19)(H,20,21). The van der Waals surface area contributed by atoms with E-state index in [4.69, 9.17) is 16.7 Å². The third kappa shape index (κ3) is 3.84. The predicted octanol–water partition coefficient (Wildman–Crippen LogP) is 3.30. The van der Waals surface area contributed by atoms with Gasteiger partial charge in [0.25, 0.3) is 5.91 Å². The molecule has 2 N–H and O–H groups in total. The number of carbonyl (C=O) groups excluding carboxylic acids is 1. The average Bonchev–Trinajstić information content (AvgIpc) is 2.96. The van der Waals surface area contributed by atoms with E-state index in [1.807, 2.05) is 12.1 Å². The van der Waals surface area contributed by atoms with Crippen LogP contribution in [-0.4, -0.2) is 28.0 Å². The molecule has 0 aliphatic carbocycles. The van der Waals surface area contributed by atoms with Gasteiger partial charge in [-0.15, -0.1) is 11.3 Å². The van der Waals surface area contributed by atoms with Gasteiger partial charge in [-0.25, -0.2) is 4.98 Å². The van der Waals surface area contributed by atoms with Crippen molar-refractivity contribution in [3.05, 3.63) is 40.4 Å². The van der Waals surface area contributed by atoms with Crippen LogP contribution in [0, 0.1) is 5.92 Å². The predicted molar refractivity (Wildman–Crippen MR) is 86.3 cm³/mol. The van der Waals surface area contributed by atoms with Gasteiger partial charge in [-0.2, -0.15) is 0 Å². The Hall–Kier alpha value is -1.92. The minimum absolute atomic E-state index is 0.277. The number of nitrogens with zero attached hydrogens (tertiary/aromatic N) is 1. The van der Waals surface area contributed by atoms with Gasteiger partial charge >= 0.3 is 5.97 Å². The summed E-state index contributed by atoms with van der Waals surface area (Å²) >= 11 is 7.19. The van der Waals surface area contributed by atoms with Crippen LogP contribution in [0.25, 0.3) is 10.6 Å². The topological polar surface area (TPSA) is 79.3 Å². The summed E-state index contributed by atoms with van der Waals surface area (Å²) < 4.78 is 0. The second-order valence-corrected chi connectivity index (χ2v) is 6.23. The molecule has 22 heavy (non-hydrogen) atoms. The highest BCUT2D eigenvalue weighted by Gasteiger charge is 2.22. The number of benzene rings is 1. The Labute approximate surface area is 137 Å². The van der Waals surface area contributed by atoms with Gasteiger partial charge in [0.05, 0.1) is 5.92 Å². The summed E-state index contributed by atoms with van der Waals surface area (Å²) in [5, 5.41) is 14.6. The van der Waals surface area contributed by atoms with Crippen LogP contribution in [0.3, 0.4) is 0 Å². The maximum atomic E-state index is 12.1. The molecule has 1 aromatic carbocycles. The molecule has 1 heterocycles. The molecule has 7 heteroatoms. The maximum absolute atomic E-state index is 12.1. The normalized spacial score (nSPS) is 13.4. The molecule has 0 aliphatic heterocycles. The maximum Gasteiger partial charge on any atom is 0.308 e. The van der Waals surface area contributed by atoms with Gasteiger partial charge < -0.3 is 10.4 Å². The summed E-state index contributed by atoms with van der Waals surface area (Å²) in [5.74, 6) is -2.00. The molecule has 5 nitrogen and oxygen atoms in total. The fourth-order valence-corrected chi connectivity index (χ4v) is 2.65. The Morgan fingerprint density at radius 1 is 1.27 bits per heavy atom. The van der Waals surface area contributed by atoms with Gasteiger partial charge in [0.15, 0.2) is 0 Å². The van der Waals surface area contributed by atoms with E-state index < -0.39 is 17.9 Å². The van der Waals surface area contributed by atoms with E-state index in [9.17, 15) is 9.59 Å². The van der Waals surface area contributed by atoms with Crippen molar-refractivity contribution in [1.29, 1.82) is 0 Å². The van der Waals surface area contributed by atoms with Gasteiger partial charge in [0.1, 0.15) is 10.7 Å². The number of carbonyl (C=O) groups is 2. The van der Waals surface area contributed by atoms with Gasteiger partial charge in [0.2, 0.25) is 0 Å². The van der Waals surface area contributed by atoms with Crippen molar-refractivity contribution in [3.8, 4) is 10.6 Å². The quantitative estimate of drug-likeness (QED) is 0.876. The van der Waals surface area contributed by atoms with Crippen LogP contribution in [0.5, 0.6) is 0 Å². The van der Waals surface area contributed by atoms with Crippen molar-refractivity contribution in [2.45, 2.75) is 19.9 Å². The second kappa shape index (κ2) is 6.89. The minimum Gasteiger partial charge on any atom is -0.481 e. The smallest absolute Gasteiger partial charge is 0.308 e. The lowest BCUT2D eigenvalue weighted by atomic mass is 10.0. The highest BCUT2D eigenvalue weighted by molar-refractivity contribution is 7.13. The number of amides is 1. The number of aliphatic carboxylic acids is 1. The lowest BCUT2D eigenvalue weighted by molar-refractivity contribution is -0.141. The van der Waals surface area contributed by atoms with Crippen LogP contribution in [0.15, 0.2) is 29.6 Å². The van der Waals surface area contributed by atoms with Crippen LogP contribution in [0.4, 0.5) is 0 Å². The number of halogens is 1. The van der Waals surface area contributed by atoms with Crippen LogP contribution in [0.2, 0.25) is 5.02 Å². The molecule has 1 amide bonds. The SMILES string of the molecule is CC(NC(=O)c1csc(-c2ccc(Cl)cc2)n1)C(C)C(=O)O. The van der Waals surface area contributed by atoms with Crippen molar-refractivity contribution in [3.63, 3.8) is 0 Å². The lowest BCUT2D eigenvalue weighted by Crippen LogP contribution is -2.40. The molecule has 2 rings (SSSR count). The first-order chi connectivity index (χ1) is 10.4. The molecule has 0 fully saturated rings. The largest absolute Gasteiger partial charge is 0.481 e. The van der Waals surface area contributed by atoms with Crippen molar-refractivity contribution in [2.24, 2.45) is 5.92 Å². The first-order valence-electron chi connectivity index (χ1n) is 6.63. The van der Waals surface area contributed by atoms with Gasteiger partial charge in [-0.1, -0.05) is 23.7 Å². The van der Waals surface area contributed by atoms with Crippen molar-refractivity contribution >= 4 is 34.8 Å². The molecule has 116 valence electrons. The van der Waals surface area contributed by atoms with E-state index >= 15 is 0 Å². The summed E-state index contributed by atoms with van der Waals surface area (Å²) in [7, 11) is 0. The number of carboxylic acid groups (broad SMARTS) is 1. The van der Waals surface area contributed by atoms with Crippen LogP contribution in [0.1, 0.15) is 24.3 Å². The zero-order valence-corrected chi connectivity index (χ0v) is 13.6. The zero-order valence-electron chi connectivity index (χ0n) is 12.0. The molecule has 2 aromatic rings. The third-order valence-corrected chi connectivity index (χ3v) is 4.47. The van der Waals surface area contributed by atoms with Crippen LogP contribution in [-0.2, 0) is 4.79 Å². The number of aromatic nitrogens is 1. The summed E-state index contributed by atoms with van der Waals surface area (Å²) in [6.07, 6.45) is 0. The monoisotopic (exact) mass is 338 g/mol. The number of nitrogens with one attached hydrogen (secondary N) is 1. The fraction of sp³-hybridized carbons (Fsp3) is 0.267. The molecule has 0 radical (unpaired) electrons. The Bertz CT molecular complexity index is 684. The van der Waals surface area contributed by atoms with Crippen molar-refractivity contribution in [1.82, 2.24) is 10.3 Å². The average molecular weight is 339 g/mol. The highest BCUT2D eigenvalue weighted by atomic mass is 35.5. The molecular formula is C15H15ClN2O3S. The van der Waals surface area contributed by atoms with E-state index in [1.165, 1.54) is 11.3 Å². The zero-order chi connectivity index (χ0) is 16.3. The Morgan fingerprint density at radius 3 is 2.50 bits per heavy atom. The van der Waals surface area contributed by atoms with Gasteiger partial charge in [-0.05, 0) is 26.0 Å². The molecule has 0 saturated heterocycles. The first-order valence-corrected chi connectivity index (χ1v) is 7.89. The summed E-state index contributed by atoms with van der Waals surface area (Å²) in [4.78, 5) is 27.3. The molecule has 1 aromatic heterocycles. The van der Waals surface area contributed by atoms with E-state index in [2.05, 4.69) is 10.3 Å². The summed E-state index contributed by atoms with van der Waals surface area (Å²) in [6.45, 7) is 3.20. The summed E-state index contributed by atoms with van der Waals surface area (Å²) in [6, 6.07) is 6.70. The number of hydrogen-bond acceptors (Lipinski definition) is 4. The second-order valence-electron chi connectivity index (χ2n) is 4.93. The van der Waals surface area contributed by atoms with Crippen molar-refractivity contribution in [2.75, 3.05) is 0 Å². The fourth-order valence-electron chi connectivity index (χ4n) is 1.72. The number of thiazole rings is 1. The van der Waals surface area contributed by atoms with E-state index in [0.717, 1.165) is 5.56 Å². The highest BCUT2D eigenvalue weighted by Crippen LogP contribution is 2.25. The molecular weight excluding hydrogens is 324 g/mol. The molecule has 0 saturated carbocycles. The molecule has 0 aliphatic rings. The minimum atomic E-state index is -0.951. The third-order valence-electron chi connectivity index (χ3n) is 3.33. The number of rotatable bonds is 5. The van der Waals surface area contributed by atoms with E-state index in [-0.39, 0.29) is 11.6 Å². The van der Waals surface area contributed by atoms with Crippen molar-refractivity contribution < 1.29 is 14.7 Å². The molecule has 0 spiro atoms. The number of hydrogen-bond donors (Lipinski definition) is 2. The molecule has 0 bridgehead atoms. The Morgan fingerprint density at radius 2 is 1.91 bits per heavy atom. The van der Waals surface area contributed by atoms with E-state index in [1.54, 1.807) is 31.4 Å². The number of carboxylic acids is 1. The van der Waals surface area contributed by atoms with E-state index in [0.29, 0.717) is 10.0 Å². The van der Waals surface area contributed by atoms with Crippen LogP contribution < -0.4 is 5.32 Å². The summed E-state index contributed by atoms with van der Waals surface area (Å²) in [5.41, 5.74) is 1.15. The van der Waals surface area contributed by atoms with Gasteiger partial charge in [-0.3, -0.25) is 9.59 Å². The molecule has 2 unspecified atom stereocenters. The van der Waals surface area contributed by atoms with Crippen LogP contribution >= 0.6 is 22.9 Å². The van der Waals surface area contributed by atoms with Gasteiger partial charge in [0, 0.05) is 22.0 Å². The Balaban J connectivity index is 2.09. The lowest BCUT2D eigenvalue weighted by Gasteiger charge is -2.16. The molecule has 2 atom stereocenters. The Kier molecular flexibility index (Phi) is 5.15.